The Labute approximate surface area is 91.7 Å². The van der Waals surface area contributed by atoms with Gasteiger partial charge in [-0.05, 0) is 23.8 Å². The van der Waals surface area contributed by atoms with Crippen molar-refractivity contribution in [2.24, 2.45) is 0 Å². The lowest BCUT2D eigenvalue weighted by molar-refractivity contribution is 0.300. The number of hydrogen-bond acceptors (Lipinski definition) is 3. The molecule has 0 fully saturated rings. The van der Waals surface area contributed by atoms with Crippen molar-refractivity contribution in [3.63, 3.8) is 0 Å². The number of benzene rings is 1. The first-order valence-electron chi connectivity index (χ1n) is 4.71. The Hall–Kier alpha value is -2.01. The average molecular weight is 219 g/mol. The molecule has 2 rings (SSSR count). The van der Waals surface area contributed by atoms with Gasteiger partial charge in [-0.1, -0.05) is 12.1 Å². The number of aromatic nitrogens is 3. The molecule has 16 heavy (non-hydrogen) atoms. The lowest BCUT2D eigenvalue weighted by atomic mass is 10.2. The van der Waals surface area contributed by atoms with Gasteiger partial charge in [-0.15, -0.1) is 10.2 Å². The maximum Gasteiger partial charge on any atom is 0.126 e. The molecule has 0 atom stereocenters. The summed E-state index contributed by atoms with van der Waals surface area (Å²) in [5.74, 6) is -0.558. The summed E-state index contributed by atoms with van der Waals surface area (Å²) in [6, 6.07) is 7.15. The van der Waals surface area contributed by atoms with Gasteiger partial charge in [-0.3, -0.25) is 4.57 Å². The van der Waals surface area contributed by atoms with Crippen molar-refractivity contribution in [1.82, 2.24) is 14.8 Å². The molecule has 0 spiro atoms. The van der Waals surface area contributed by atoms with Crippen LogP contribution in [0.1, 0.15) is 5.56 Å². The molecule has 0 unspecified atom stereocenters. The van der Waals surface area contributed by atoms with Crippen LogP contribution in [0.3, 0.4) is 0 Å². The van der Waals surface area contributed by atoms with Crippen LogP contribution in [-0.2, 0) is 0 Å². The van der Waals surface area contributed by atoms with Crippen molar-refractivity contribution in [3.8, 4) is 5.69 Å². The summed E-state index contributed by atoms with van der Waals surface area (Å²) in [5, 5.41) is 15.9. The standard InChI is InChI=1S/C11H10FN3O/c12-10(6-16)5-9-1-3-11(4-2-9)15-7-13-14-8-15/h1-5,7-8,16H,6H2. The van der Waals surface area contributed by atoms with Crippen LogP contribution in [0, 0.1) is 0 Å². The summed E-state index contributed by atoms with van der Waals surface area (Å²) >= 11 is 0. The van der Waals surface area contributed by atoms with Crippen LogP contribution in [-0.4, -0.2) is 26.5 Å². The molecular formula is C11H10FN3O. The molecule has 0 bridgehead atoms. The van der Waals surface area contributed by atoms with E-state index in [2.05, 4.69) is 10.2 Å². The summed E-state index contributed by atoms with van der Waals surface area (Å²) in [5.41, 5.74) is 1.59. The van der Waals surface area contributed by atoms with Gasteiger partial charge in [-0.25, -0.2) is 4.39 Å². The monoisotopic (exact) mass is 219 g/mol. The minimum absolute atomic E-state index is 0.558. The quantitative estimate of drug-likeness (QED) is 0.852. The van der Waals surface area contributed by atoms with E-state index < -0.39 is 12.4 Å². The van der Waals surface area contributed by atoms with Crippen molar-refractivity contribution >= 4 is 6.08 Å². The SMILES string of the molecule is OCC(F)=Cc1ccc(-n2cnnc2)cc1. The zero-order valence-electron chi connectivity index (χ0n) is 8.42. The fraction of sp³-hybridized carbons (Fsp3) is 0.0909. The zero-order valence-corrected chi connectivity index (χ0v) is 8.42. The number of rotatable bonds is 3. The Morgan fingerprint density at radius 2 is 1.88 bits per heavy atom. The second-order valence-electron chi connectivity index (χ2n) is 3.21. The van der Waals surface area contributed by atoms with Crippen LogP contribution >= 0.6 is 0 Å². The predicted octanol–water partition coefficient (Wildman–Crippen LogP) is 1.57. The third-order valence-corrected chi connectivity index (χ3v) is 2.08. The van der Waals surface area contributed by atoms with Crippen LogP contribution in [0.5, 0.6) is 0 Å². The minimum Gasteiger partial charge on any atom is -0.389 e. The first kappa shape index (κ1) is 10.5. The fourth-order valence-corrected chi connectivity index (χ4v) is 1.30. The van der Waals surface area contributed by atoms with Crippen LogP contribution in [0.25, 0.3) is 11.8 Å². The van der Waals surface area contributed by atoms with E-state index in [0.29, 0.717) is 5.56 Å². The van der Waals surface area contributed by atoms with Gasteiger partial charge in [0, 0.05) is 5.69 Å². The second kappa shape index (κ2) is 4.67. The Morgan fingerprint density at radius 3 is 2.44 bits per heavy atom. The molecule has 4 nitrogen and oxygen atoms in total. The largest absolute Gasteiger partial charge is 0.389 e. The predicted molar refractivity (Wildman–Crippen MR) is 57.5 cm³/mol. The topological polar surface area (TPSA) is 50.9 Å². The Balaban J connectivity index is 2.23. The second-order valence-corrected chi connectivity index (χ2v) is 3.21. The Morgan fingerprint density at radius 1 is 1.25 bits per heavy atom. The maximum absolute atomic E-state index is 12.8. The minimum atomic E-state index is -0.576. The molecule has 82 valence electrons. The van der Waals surface area contributed by atoms with E-state index in [1.165, 1.54) is 6.08 Å². The molecule has 5 heteroatoms. The summed E-state index contributed by atoms with van der Waals surface area (Å²) in [4.78, 5) is 0. The summed E-state index contributed by atoms with van der Waals surface area (Å²) in [7, 11) is 0. The van der Waals surface area contributed by atoms with E-state index in [-0.39, 0.29) is 0 Å². The third kappa shape index (κ3) is 2.32. The molecule has 2 aromatic rings. The van der Waals surface area contributed by atoms with Gasteiger partial charge < -0.3 is 5.11 Å². The van der Waals surface area contributed by atoms with Gasteiger partial charge in [0.25, 0.3) is 0 Å². The highest BCUT2D eigenvalue weighted by molar-refractivity contribution is 5.53. The summed E-state index contributed by atoms with van der Waals surface area (Å²) in [6.07, 6.45) is 4.45. The van der Waals surface area contributed by atoms with Gasteiger partial charge in [-0.2, -0.15) is 0 Å². The van der Waals surface area contributed by atoms with Crippen molar-refractivity contribution in [2.75, 3.05) is 6.61 Å². The van der Waals surface area contributed by atoms with Gasteiger partial charge in [0.1, 0.15) is 18.5 Å². The molecule has 1 N–H and O–H groups in total. The molecule has 0 radical (unpaired) electrons. The Bertz CT molecular complexity index is 476. The zero-order chi connectivity index (χ0) is 11.4. The molecule has 0 aliphatic carbocycles. The summed E-state index contributed by atoms with van der Waals surface area (Å²) < 4.78 is 14.5. The number of aliphatic hydroxyl groups is 1. The van der Waals surface area contributed by atoms with Crippen LogP contribution in [0.15, 0.2) is 42.7 Å². The molecule has 0 saturated carbocycles. The molecule has 0 amide bonds. The lowest BCUT2D eigenvalue weighted by Gasteiger charge is -2.01. The molecule has 1 aromatic carbocycles. The van der Waals surface area contributed by atoms with E-state index in [1.807, 2.05) is 12.1 Å². The van der Waals surface area contributed by atoms with Gasteiger partial charge in [0.15, 0.2) is 0 Å². The molecule has 1 heterocycles. The number of halogens is 1. The Kier molecular flexibility index (Phi) is 3.07. The number of aliphatic hydroxyl groups excluding tert-OH is 1. The van der Waals surface area contributed by atoms with Crippen molar-refractivity contribution in [3.05, 3.63) is 48.3 Å². The first-order chi connectivity index (χ1) is 7.79. The normalized spacial score (nSPS) is 11.8. The fourth-order valence-electron chi connectivity index (χ4n) is 1.30. The van der Waals surface area contributed by atoms with E-state index in [9.17, 15) is 4.39 Å². The van der Waals surface area contributed by atoms with Gasteiger partial charge >= 0.3 is 0 Å². The number of hydrogen-bond donors (Lipinski definition) is 1. The lowest BCUT2D eigenvalue weighted by Crippen LogP contribution is -1.89. The van der Waals surface area contributed by atoms with Crippen molar-refractivity contribution < 1.29 is 9.50 Å². The first-order valence-corrected chi connectivity index (χ1v) is 4.71. The molecule has 0 saturated heterocycles. The average Bonchev–Trinajstić information content (AvgIpc) is 2.83. The van der Waals surface area contributed by atoms with E-state index >= 15 is 0 Å². The molecular weight excluding hydrogens is 209 g/mol. The van der Waals surface area contributed by atoms with Crippen molar-refractivity contribution in [2.45, 2.75) is 0 Å². The van der Waals surface area contributed by atoms with Crippen molar-refractivity contribution in [1.29, 1.82) is 0 Å². The van der Waals surface area contributed by atoms with Crippen LogP contribution in [0.4, 0.5) is 4.39 Å². The molecule has 0 aliphatic heterocycles. The van der Waals surface area contributed by atoms with E-state index in [1.54, 1.807) is 29.4 Å². The molecule has 0 aliphatic rings. The smallest absolute Gasteiger partial charge is 0.126 e. The van der Waals surface area contributed by atoms with Gasteiger partial charge in [0.2, 0.25) is 0 Å². The van der Waals surface area contributed by atoms with E-state index in [0.717, 1.165) is 5.69 Å². The maximum atomic E-state index is 12.8. The van der Waals surface area contributed by atoms with Crippen LogP contribution in [0.2, 0.25) is 0 Å². The van der Waals surface area contributed by atoms with E-state index in [4.69, 9.17) is 5.11 Å². The van der Waals surface area contributed by atoms with Gasteiger partial charge in [0.05, 0.1) is 6.61 Å². The molecule has 1 aromatic heterocycles. The number of nitrogens with zero attached hydrogens (tertiary/aromatic N) is 3. The highest BCUT2D eigenvalue weighted by Crippen LogP contribution is 2.12. The van der Waals surface area contributed by atoms with Crippen LogP contribution < -0.4 is 0 Å². The highest BCUT2D eigenvalue weighted by atomic mass is 19.1. The summed E-state index contributed by atoms with van der Waals surface area (Å²) in [6.45, 7) is -0.576. The third-order valence-electron chi connectivity index (χ3n) is 2.08. The highest BCUT2D eigenvalue weighted by Gasteiger charge is 1.97.